The van der Waals surface area contributed by atoms with E-state index in [0.29, 0.717) is 0 Å². The normalized spacial score (nSPS) is 12.6. The molecule has 0 bridgehead atoms. The van der Waals surface area contributed by atoms with Crippen molar-refractivity contribution in [2.24, 2.45) is 0 Å². The smallest absolute Gasteiger partial charge is 0.432 e. The first kappa shape index (κ1) is 18.2. The van der Waals surface area contributed by atoms with Gasteiger partial charge in [0.15, 0.2) is 0 Å². The van der Waals surface area contributed by atoms with Gasteiger partial charge >= 0.3 is 11.9 Å². The summed E-state index contributed by atoms with van der Waals surface area (Å²) in [7, 11) is -4.01. The molecule has 3 rings (SSSR count). The minimum Gasteiger partial charge on any atom is -0.493 e. The molecule has 0 aliphatic carbocycles. The Bertz CT molecular complexity index is 1090. The zero-order valence-electron chi connectivity index (χ0n) is 12.5. The highest BCUT2D eigenvalue weighted by molar-refractivity contribution is 7.91. The lowest BCUT2D eigenvalue weighted by molar-refractivity contribution is -0.141. The fraction of sp³-hybridized carbons (Fsp3) is 0.167. The Balaban J connectivity index is 1.78. The Labute approximate surface area is 147 Å². The van der Waals surface area contributed by atoms with Crippen LogP contribution in [0.1, 0.15) is 11.4 Å². The SMILES string of the molecule is O=c1[nH]c(O)c(CNS(=O)(=O)c2ccc(-c3cc(C(F)(F)F)[nH]n3)s2)[nH]1. The number of nitrogens with zero attached hydrogens (tertiary/aromatic N) is 1. The average Bonchev–Trinajstić information content (AvgIpc) is 3.23. The van der Waals surface area contributed by atoms with Crippen molar-refractivity contribution in [2.75, 3.05) is 0 Å². The minimum absolute atomic E-state index is 0.0450. The number of nitrogens with one attached hydrogen (secondary N) is 4. The summed E-state index contributed by atoms with van der Waals surface area (Å²) in [6.07, 6.45) is -4.59. The molecule has 0 fully saturated rings. The predicted molar refractivity (Wildman–Crippen MR) is 84.0 cm³/mol. The van der Waals surface area contributed by atoms with Crippen LogP contribution < -0.4 is 10.4 Å². The summed E-state index contributed by atoms with van der Waals surface area (Å²) in [5.74, 6) is -0.499. The molecule has 3 aromatic heterocycles. The van der Waals surface area contributed by atoms with Gasteiger partial charge in [0.1, 0.15) is 15.6 Å². The molecule has 5 N–H and O–H groups in total. The van der Waals surface area contributed by atoms with Gasteiger partial charge in [-0.05, 0) is 18.2 Å². The van der Waals surface area contributed by atoms with Crippen LogP contribution in [0.2, 0.25) is 0 Å². The molecule has 0 aliphatic rings. The Hall–Kier alpha value is -2.58. The Morgan fingerprint density at radius 1 is 1.27 bits per heavy atom. The van der Waals surface area contributed by atoms with E-state index >= 15 is 0 Å². The third-order valence-electron chi connectivity index (χ3n) is 3.20. The van der Waals surface area contributed by atoms with E-state index in [0.717, 1.165) is 17.4 Å². The van der Waals surface area contributed by atoms with Crippen molar-refractivity contribution in [3.05, 3.63) is 40.1 Å². The van der Waals surface area contributed by atoms with Gasteiger partial charge in [0.05, 0.1) is 17.1 Å². The second-order valence-corrected chi connectivity index (χ2v) is 8.09. The summed E-state index contributed by atoms with van der Waals surface area (Å²) >= 11 is 0.719. The molecule has 0 saturated carbocycles. The van der Waals surface area contributed by atoms with Crippen molar-refractivity contribution >= 4 is 21.4 Å². The van der Waals surface area contributed by atoms with Gasteiger partial charge in [0, 0.05) is 0 Å². The van der Waals surface area contributed by atoms with Gasteiger partial charge in [-0.25, -0.2) is 17.9 Å². The first-order valence-corrected chi connectivity index (χ1v) is 9.09. The molecule has 0 aliphatic heterocycles. The summed E-state index contributed by atoms with van der Waals surface area (Å²) in [5, 5.41) is 14.8. The molecule has 0 radical (unpaired) electrons. The van der Waals surface area contributed by atoms with E-state index in [1.807, 2.05) is 10.1 Å². The van der Waals surface area contributed by atoms with Crippen LogP contribution in [0.3, 0.4) is 0 Å². The standard InChI is InChI=1S/C12H10F3N5O4S2/c13-12(14,15)8-3-5(19-20-8)7-1-2-9(25-7)26(23,24)16-4-6-10(21)18-11(22)17-6/h1-3,16,21H,4H2,(H,19,20)(H2,17,18,22). The fourth-order valence-corrected chi connectivity index (χ4v) is 4.28. The van der Waals surface area contributed by atoms with Crippen LogP contribution in [0.4, 0.5) is 13.2 Å². The number of hydrogen-bond donors (Lipinski definition) is 5. The van der Waals surface area contributed by atoms with E-state index in [4.69, 9.17) is 0 Å². The van der Waals surface area contributed by atoms with Crippen LogP contribution in [0.15, 0.2) is 27.2 Å². The number of halogens is 3. The van der Waals surface area contributed by atoms with Crippen LogP contribution >= 0.6 is 11.3 Å². The second-order valence-electron chi connectivity index (χ2n) is 5.01. The van der Waals surface area contributed by atoms with E-state index < -0.39 is 33.5 Å². The van der Waals surface area contributed by atoms with E-state index in [1.165, 1.54) is 12.1 Å². The minimum atomic E-state index is -4.59. The third kappa shape index (κ3) is 3.66. The lowest BCUT2D eigenvalue weighted by Gasteiger charge is -2.03. The van der Waals surface area contributed by atoms with Crippen LogP contribution in [0, 0.1) is 0 Å². The zero-order chi connectivity index (χ0) is 19.1. The van der Waals surface area contributed by atoms with E-state index in [-0.39, 0.29) is 27.0 Å². The highest BCUT2D eigenvalue weighted by atomic mass is 32.2. The molecular weight excluding hydrogens is 399 g/mol. The van der Waals surface area contributed by atoms with Crippen molar-refractivity contribution in [1.29, 1.82) is 0 Å². The predicted octanol–water partition coefficient (Wildman–Crippen LogP) is 1.36. The molecule has 0 saturated heterocycles. The van der Waals surface area contributed by atoms with Gasteiger partial charge in [-0.1, -0.05) is 0 Å². The molecule has 140 valence electrons. The lowest BCUT2D eigenvalue weighted by atomic mass is 10.3. The van der Waals surface area contributed by atoms with Gasteiger partial charge < -0.3 is 10.1 Å². The highest BCUT2D eigenvalue weighted by Crippen LogP contribution is 2.34. The molecule has 0 spiro atoms. The van der Waals surface area contributed by atoms with Crippen LogP contribution in [-0.4, -0.2) is 33.7 Å². The molecular formula is C12H10F3N5O4S2. The number of imidazole rings is 1. The number of thiophene rings is 1. The van der Waals surface area contributed by atoms with Crippen LogP contribution in [0.25, 0.3) is 10.6 Å². The van der Waals surface area contributed by atoms with E-state index in [1.54, 1.807) is 0 Å². The molecule has 3 heterocycles. The maximum atomic E-state index is 12.6. The average molecular weight is 409 g/mol. The largest absolute Gasteiger partial charge is 0.493 e. The number of aromatic hydroxyl groups is 1. The summed E-state index contributed by atoms with van der Waals surface area (Å²) in [6.45, 7) is -0.388. The monoisotopic (exact) mass is 409 g/mol. The van der Waals surface area contributed by atoms with Gasteiger partial charge in [-0.15, -0.1) is 11.3 Å². The molecule has 14 heteroatoms. The molecule has 3 aromatic rings. The Morgan fingerprint density at radius 2 is 2.00 bits per heavy atom. The van der Waals surface area contributed by atoms with E-state index in [9.17, 15) is 31.5 Å². The summed E-state index contributed by atoms with van der Waals surface area (Å²) < 4.78 is 64.2. The number of sulfonamides is 1. The fourth-order valence-electron chi connectivity index (χ4n) is 1.97. The first-order valence-electron chi connectivity index (χ1n) is 6.79. The number of aromatic amines is 3. The van der Waals surface area contributed by atoms with Gasteiger partial charge in [-0.3, -0.25) is 10.1 Å². The molecule has 0 amide bonds. The number of hydrogen-bond acceptors (Lipinski definition) is 6. The first-order chi connectivity index (χ1) is 12.1. The van der Waals surface area contributed by atoms with Crippen molar-refractivity contribution in [3.8, 4) is 16.5 Å². The topological polar surface area (TPSA) is 144 Å². The molecule has 0 atom stereocenters. The molecule has 9 nitrogen and oxygen atoms in total. The molecule has 0 unspecified atom stereocenters. The maximum Gasteiger partial charge on any atom is 0.432 e. The lowest BCUT2D eigenvalue weighted by Crippen LogP contribution is -2.22. The van der Waals surface area contributed by atoms with Crippen LogP contribution in [-0.2, 0) is 22.7 Å². The number of alkyl halides is 3. The summed E-state index contributed by atoms with van der Waals surface area (Å²) in [4.78, 5) is 15.5. The van der Waals surface area contributed by atoms with Gasteiger partial charge in [0.25, 0.3) is 0 Å². The number of rotatable bonds is 5. The van der Waals surface area contributed by atoms with Gasteiger partial charge in [0.2, 0.25) is 15.9 Å². The summed E-state index contributed by atoms with van der Waals surface area (Å²) in [6, 6.07) is 3.31. The quantitative estimate of drug-likeness (QED) is 0.432. The number of aromatic nitrogens is 4. The third-order valence-corrected chi connectivity index (χ3v) is 6.20. The van der Waals surface area contributed by atoms with Crippen molar-refractivity contribution in [1.82, 2.24) is 24.9 Å². The van der Waals surface area contributed by atoms with Crippen molar-refractivity contribution in [3.63, 3.8) is 0 Å². The van der Waals surface area contributed by atoms with Crippen molar-refractivity contribution < 1.29 is 26.7 Å². The van der Waals surface area contributed by atoms with Crippen LogP contribution in [0.5, 0.6) is 5.88 Å². The molecule has 26 heavy (non-hydrogen) atoms. The molecule has 0 aromatic carbocycles. The second kappa shape index (κ2) is 6.30. The maximum absolute atomic E-state index is 12.6. The van der Waals surface area contributed by atoms with Crippen molar-refractivity contribution in [2.45, 2.75) is 16.9 Å². The highest BCUT2D eigenvalue weighted by Gasteiger charge is 2.33. The van der Waals surface area contributed by atoms with E-state index in [2.05, 4.69) is 14.8 Å². The summed E-state index contributed by atoms with van der Waals surface area (Å²) in [5.41, 5.74) is -1.85. The van der Waals surface area contributed by atoms with Gasteiger partial charge in [-0.2, -0.15) is 18.3 Å². The Morgan fingerprint density at radius 3 is 2.58 bits per heavy atom. The number of H-pyrrole nitrogens is 3. The Kier molecular flexibility index (Phi) is 4.41. The zero-order valence-corrected chi connectivity index (χ0v) is 14.1.